The van der Waals surface area contributed by atoms with Gasteiger partial charge in [-0.2, -0.15) is 5.26 Å². The van der Waals surface area contributed by atoms with Gasteiger partial charge >= 0.3 is 0 Å². The van der Waals surface area contributed by atoms with Crippen LogP contribution in [0.3, 0.4) is 0 Å². The number of nitrogens with zero attached hydrogens (tertiary/aromatic N) is 4. The van der Waals surface area contributed by atoms with E-state index in [1.807, 2.05) is 36.9 Å². The Morgan fingerprint density at radius 3 is 2.69 bits per heavy atom. The molecule has 1 aliphatic heterocycles. The second-order valence-electron chi connectivity index (χ2n) is 9.37. The highest BCUT2D eigenvalue weighted by Crippen LogP contribution is 2.46. The van der Waals surface area contributed by atoms with Gasteiger partial charge in [0.15, 0.2) is 0 Å². The largest absolute Gasteiger partial charge is 0.384 e. The number of aromatic nitrogens is 1. The fourth-order valence-electron chi connectivity index (χ4n) is 4.90. The summed E-state index contributed by atoms with van der Waals surface area (Å²) in [5.41, 5.74) is 4.89. The van der Waals surface area contributed by atoms with Crippen LogP contribution in [-0.4, -0.2) is 68.1 Å². The van der Waals surface area contributed by atoms with Crippen molar-refractivity contribution in [3.63, 3.8) is 0 Å². The van der Waals surface area contributed by atoms with E-state index in [1.54, 1.807) is 20.2 Å². The highest BCUT2D eigenvalue weighted by molar-refractivity contribution is 5.95. The molecule has 8 heteroatoms. The number of amides is 2. The van der Waals surface area contributed by atoms with Crippen LogP contribution in [0.2, 0.25) is 0 Å². The normalized spacial score (nSPS) is 17.7. The van der Waals surface area contributed by atoms with Gasteiger partial charge in [-0.05, 0) is 49.9 Å². The van der Waals surface area contributed by atoms with Gasteiger partial charge in [0, 0.05) is 56.9 Å². The number of hydrogen-bond acceptors (Lipinski definition) is 6. The Kier molecular flexibility index (Phi) is 7.37. The summed E-state index contributed by atoms with van der Waals surface area (Å²) in [5, 5.41) is 12.8. The minimum absolute atomic E-state index is 0.00930. The lowest BCUT2D eigenvalue weighted by atomic mass is 9.92. The number of methoxy groups -OCH3 is 1. The molecule has 1 aromatic heterocycles. The molecule has 0 bridgehead atoms. The lowest BCUT2D eigenvalue weighted by Gasteiger charge is -2.41. The van der Waals surface area contributed by atoms with Crippen molar-refractivity contribution in [2.45, 2.75) is 45.1 Å². The van der Waals surface area contributed by atoms with Crippen molar-refractivity contribution in [2.24, 2.45) is 0 Å². The summed E-state index contributed by atoms with van der Waals surface area (Å²) in [6.45, 7) is 6.26. The SMILES string of the molecule is CNC(=O)c1cccc(-c2c(C3CC3)nc(N3CCN(C(=O)CCOC)[C@H](C)C3)c(C#N)c2C)c1. The molecular weight excluding hydrogens is 442 g/mol. The van der Waals surface area contributed by atoms with Gasteiger partial charge in [-0.15, -0.1) is 0 Å². The van der Waals surface area contributed by atoms with E-state index in [1.165, 1.54) is 0 Å². The molecule has 35 heavy (non-hydrogen) atoms. The first-order valence-corrected chi connectivity index (χ1v) is 12.2. The van der Waals surface area contributed by atoms with Gasteiger partial charge in [0.25, 0.3) is 5.91 Å². The summed E-state index contributed by atoms with van der Waals surface area (Å²) in [7, 11) is 3.22. The predicted octanol–water partition coefficient (Wildman–Crippen LogP) is 3.24. The molecule has 1 N–H and O–H groups in total. The number of hydrogen-bond donors (Lipinski definition) is 1. The predicted molar refractivity (Wildman–Crippen MR) is 134 cm³/mol. The van der Waals surface area contributed by atoms with Crippen LogP contribution >= 0.6 is 0 Å². The summed E-state index contributed by atoms with van der Waals surface area (Å²) in [6.07, 6.45) is 2.51. The van der Waals surface area contributed by atoms with Gasteiger partial charge in [0.1, 0.15) is 11.9 Å². The number of piperazine rings is 1. The lowest BCUT2D eigenvalue weighted by Crippen LogP contribution is -2.54. The topological polar surface area (TPSA) is 98.6 Å². The van der Waals surface area contributed by atoms with Crippen molar-refractivity contribution in [2.75, 3.05) is 45.3 Å². The van der Waals surface area contributed by atoms with Crippen LogP contribution < -0.4 is 10.2 Å². The highest BCUT2D eigenvalue weighted by atomic mass is 16.5. The molecule has 0 unspecified atom stereocenters. The number of ether oxygens (including phenoxy) is 1. The summed E-state index contributed by atoms with van der Waals surface area (Å²) in [5.74, 6) is 1.00. The standard InChI is InChI=1S/C27H33N5O3/c1-17-16-31(11-12-32(17)23(33)10-13-35-4)26-22(15-28)18(2)24(25(30-26)19-8-9-19)20-6-5-7-21(14-20)27(34)29-3/h5-7,14,17,19H,8-13,16H2,1-4H3,(H,29,34)/t17-/m1/s1. The fourth-order valence-corrected chi connectivity index (χ4v) is 4.90. The van der Waals surface area contributed by atoms with Gasteiger partial charge in [-0.1, -0.05) is 12.1 Å². The van der Waals surface area contributed by atoms with Crippen LogP contribution in [0, 0.1) is 18.3 Å². The van der Waals surface area contributed by atoms with Crippen LogP contribution in [0.15, 0.2) is 24.3 Å². The van der Waals surface area contributed by atoms with Gasteiger partial charge in [0.05, 0.1) is 24.3 Å². The summed E-state index contributed by atoms with van der Waals surface area (Å²) < 4.78 is 5.06. The zero-order chi connectivity index (χ0) is 25.1. The maximum atomic E-state index is 12.6. The number of nitriles is 1. The molecule has 1 atom stereocenters. The molecule has 1 saturated heterocycles. The van der Waals surface area contributed by atoms with Crippen LogP contribution in [0.25, 0.3) is 11.1 Å². The number of benzene rings is 1. The number of carbonyl (C=O) groups is 2. The molecule has 1 aromatic carbocycles. The fraction of sp³-hybridized carbons (Fsp3) is 0.481. The quantitative estimate of drug-likeness (QED) is 0.660. The summed E-state index contributed by atoms with van der Waals surface area (Å²) in [4.78, 5) is 33.9. The summed E-state index contributed by atoms with van der Waals surface area (Å²) in [6, 6.07) is 9.93. The molecule has 2 amide bonds. The van der Waals surface area contributed by atoms with E-state index in [2.05, 4.69) is 16.3 Å². The third-order valence-corrected chi connectivity index (χ3v) is 6.94. The lowest BCUT2D eigenvalue weighted by molar-refractivity contribution is -0.134. The molecule has 1 saturated carbocycles. The minimum Gasteiger partial charge on any atom is -0.384 e. The summed E-state index contributed by atoms with van der Waals surface area (Å²) >= 11 is 0. The molecule has 2 aromatic rings. The van der Waals surface area contributed by atoms with Crippen molar-refractivity contribution in [1.29, 1.82) is 5.26 Å². The Balaban J connectivity index is 1.71. The van der Waals surface area contributed by atoms with Gasteiger partial charge in [-0.25, -0.2) is 4.98 Å². The second-order valence-corrected chi connectivity index (χ2v) is 9.37. The second kappa shape index (κ2) is 10.4. The maximum absolute atomic E-state index is 12.6. The first-order chi connectivity index (χ1) is 16.9. The van der Waals surface area contributed by atoms with E-state index in [9.17, 15) is 14.9 Å². The smallest absolute Gasteiger partial charge is 0.251 e. The molecule has 0 radical (unpaired) electrons. The Labute approximate surface area is 206 Å². The van der Waals surface area contributed by atoms with Gasteiger partial charge < -0.3 is 19.9 Å². The number of carbonyl (C=O) groups excluding carboxylic acids is 2. The van der Waals surface area contributed by atoms with Crippen LogP contribution in [0.4, 0.5) is 5.82 Å². The van der Waals surface area contributed by atoms with E-state index < -0.39 is 0 Å². The third-order valence-electron chi connectivity index (χ3n) is 6.94. The Morgan fingerprint density at radius 2 is 2.06 bits per heavy atom. The van der Waals surface area contributed by atoms with E-state index in [0.717, 1.165) is 35.2 Å². The van der Waals surface area contributed by atoms with Crippen molar-refractivity contribution < 1.29 is 14.3 Å². The number of nitrogens with one attached hydrogen (secondary N) is 1. The molecule has 184 valence electrons. The maximum Gasteiger partial charge on any atom is 0.251 e. The molecule has 2 heterocycles. The van der Waals surface area contributed by atoms with Crippen molar-refractivity contribution in [3.05, 3.63) is 46.6 Å². The minimum atomic E-state index is -0.144. The van der Waals surface area contributed by atoms with Crippen molar-refractivity contribution >= 4 is 17.6 Å². The van der Waals surface area contributed by atoms with E-state index in [-0.39, 0.29) is 17.9 Å². The molecule has 0 spiro atoms. The van der Waals surface area contributed by atoms with Crippen LogP contribution in [0.1, 0.15) is 59.3 Å². The number of anilines is 1. The van der Waals surface area contributed by atoms with Crippen molar-refractivity contribution in [3.8, 4) is 17.2 Å². The highest BCUT2D eigenvalue weighted by Gasteiger charge is 2.34. The zero-order valence-electron chi connectivity index (χ0n) is 20.9. The molecular formula is C27H33N5O3. The first-order valence-electron chi connectivity index (χ1n) is 12.2. The monoisotopic (exact) mass is 475 g/mol. The van der Waals surface area contributed by atoms with Crippen molar-refractivity contribution in [1.82, 2.24) is 15.2 Å². The molecule has 4 rings (SSSR count). The van der Waals surface area contributed by atoms with Crippen LogP contribution in [-0.2, 0) is 9.53 Å². The Bertz CT molecular complexity index is 1170. The third kappa shape index (κ3) is 5.01. The van der Waals surface area contributed by atoms with E-state index >= 15 is 0 Å². The number of pyridine rings is 1. The van der Waals surface area contributed by atoms with E-state index in [0.29, 0.717) is 55.5 Å². The Morgan fingerprint density at radius 1 is 1.29 bits per heavy atom. The molecule has 2 aliphatic rings. The van der Waals surface area contributed by atoms with Gasteiger partial charge in [0.2, 0.25) is 5.91 Å². The molecule has 1 aliphatic carbocycles. The molecule has 2 fully saturated rings. The first kappa shape index (κ1) is 24.7. The Hall–Kier alpha value is -3.44. The average molecular weight is 476 g/mol. The average Bonchev–Trinajstić information content (AvgIpc) is 3.71. The number of rotatable bonds is 7. The van der Waals surface area contributed by atoms with Crippen LogP contribution in [0.5, 0.6) is 0 Å². The molecule has 8 nitrogen and oxygen atoms in total. The van der Waals surface area contributed by atoms with E-state index in [4.69, 9.17) is 9.72 Å². The van der Waals surface area contributed by atoms with Gasteiger partial charge in [-0.3, -0.25) is 9.59 Å². The zero-order valence-corrected chi connectivity index (χ0v) is 20.9.